The number of aromatic nitrogens is 1. The Bertz CT molecular complexity index is 814. The van der Waals surface area contributed by atoms with Gasteiger partial charge in [0.2, 0.25) is 15.9 Å². The predicted octanol–water partition coefficient (Wildman–Crippen LogP) is 2.59. The van der Waals surface area contributed by atoms with Gasteiger partial charge in [-0.1, -0.05) is 17.7 Å². The summed E-state index contributed by atoms with van der Waals surface area (Å²) in [4.78, 5) is 4.16. The van der Waals surface area contributed by atoms with E-state index in [0.717, 1.165) is 0 Å². The highest BCUT2D eigenvalue weighted by Crippen LogP contribution is 2.31. The summed E-state index contributed by atoms with van der Waals surface area (Å²) < 4.78 is 38.1. The van der Waals surface area contributed by atoms with Crippen LogP contribution in [0.2, 0.25) is 5.02 Å². The van der Waals surface area contributed by atoms with Crippen LogP contribution in [0.4, 0.5) is 0 Å². The van der Waals surface area contributed by atoms with Gasteiger partial charge >= 0.3 is 0 Å². The normalized spacial score (nSPS) is 18.5. The van der Waals surface area contributed by atoms with Crippen molar-refractivity contribution in [3.05, 3.63) is 47.6 Å². The maximum Gasteiger partial charge on any atom is 0.246 e. The number of benzene rings is 1. The summed E-state index contributed by atoms with van der Waals surface area (Å²) in [5.41, 5.74) is 0. The van der Waals surface area contributed by atoms with E-state index in [1.807, 2.05) is 6.07 Å². The fourth-order valence-corrected chi connectivity index (χ4v) is 4.50. The van der Waals surface area contributed by atoms with Crippen LogP contribution >= 0.6 is 11.6 Å². The number of methoxy groups -OCH3 is 1. The van der Waals surface area contributed by atoms with Gasteiger partial charge in [-0.15, -0.1) is 0 Å². The average Bonchev–Trinajstić information content (AvgIpc) is 3.05. The first-order valence-electron chi connectivity index (χ1n) is 7.42. The van der Waals surface area contributed by atoms with Gasteiger partial charge in [-0.3, -0.25) is 0 Å². The third-order valence-electron chi connectivity index (χ3n) is 3.78. The van der Waals surface area contributed by atoms with E-state index >= 15 is 0 Å². The molecule has 1 atom stereocenters. The van der Waals surface area contributed by atoms with Crippen LogP contribution in [0, 0.1) is 0 Å². The first kappa shape index (κ1) is 17.0. The van der Waals surface area contributed by atoms with E-state index in [2.05, 4.69) is 4.98 Å². The Morgan fingerprint density at radius 1 is 1.29 bits per heavy atom. The van der Waals surface area contributed by atoms with E-state index in [4.69, 9.17) is 21.1 Å². The molecule has 0 radical (unpaired) electrons. The lowest BCUT2D eigenvalue weighted by Gasteiger charge is -2.18. The molecule has 1 saturated heterocycles. The number of ether oxygens (including phenoxy) is 2. The Hall–Kier alpha value is -1.83. The molecule has 2 aromatic rings. The Morgan fingerprint density at radius 2 is 2.12 bits per heavy atom. The van der Waals surface area contributed by atoms with Crippen LogP contribution in [0.25, 0.3) is 0 Å². The van der Waals surface area contributed by atoms with Crippen molar-refractivity contribution in [3.63, 3.8) is 0 Å². The number of rotatable bonds is 5. The van der Waals surface area contributed by atoms with Crippen LogP contribution in [0.5, 0.6) is 11.6 Å². The van der Waals surface area contributed by atoms with Gasteiger partial charge in [0.15, 0.2) is 0 Å². The molecule has 0 aliphatic carbocycles. The van der Waals surface area contributed by atoms with Crippen molar-refractivity contribution in [2.24, 2.45) is 0 Å². The molecule has 0 N–H and O–H groups in total. The molecule has 24 heavy (non-hydrogen) atoms. The molecule has 128 valence electrons. The summed E-state index contributed by atoms with van der Waals surface area (Å²) in [7, 11) is -2.28. The molecule has 0 spiro atoms. The Morgan fingerprint density at radius 3 is 2.83 bits per heavy atom. The molecule has 0 amide bonds. The van der Waals surface area contributed by atoms with E-state index in [-0.39, 0.29) is 23.3 Å². The zero-order valence-electron chi connectivity index (χ0n) is 13.1. The highest BCUT2D eigenvalue weighted by atomic mass is 35.5. The number of hydrogen-bond donors (Lipinski definition) is 0. The van der Waals surface area contributed by atoms with E-state index in [1.54, 1.807) is 30.5 Å². The second-order valence-corrected chi connectivity index (χ2v) is 7.70. The highest BCUT2D eigenvalue weighted by molar-refractivity contribution is 7.89. The summed E-state index contributed by atoms with van der Waals surface area (Å²) in [5, 5.41) is 0.342. The Balaban J connectivity index is 1.78. The summed E-state index contributed by atoms with van der Waals surface area (Å²) in [6, 6.07) is 9.91. The van der Waals surface area contributed by atoms with E-state index < -0.39 is 10.0 Å². The lowest BCUT2D eigenvalue weighted by atomic mass is 10.3. The van der Waals surface area contributed by atoms with Crippen LogP contribution in [0.3, 0.4) is 0 Å². The second-order valence-electron chi connectivity index (χ2n) is 5.35. The van der Waals surface area contributed by atoms with Gasteiger partial charge in [0.25, 0.3) is 0 Å². The fraction of sp³-hybridized carbons (Fsp3) is 0.312. The van der Waals surface area contributed by atoms with Crippen molar-refractivity contribution < 1.29 is 17.9 Å². The predicted molar refractivity (Wildman–Crippen MR) is 90.0 cm³/mol. The molecule has 0 bridgehead atoms. The second kappa shape index (κ2) is 6.96. The first-order chi connectivity index (χ1) is 11.5. The standard InChI is InChI=1S/C16H17ClN2O4S/c1-22-14-6-5-12(17)10-15(14)24(20,21)19-9-7-13(11-19)23-16-4-2-3-8-18-16/h2-6,8,10,13H,7,9,11H2,1H3. The molecule has 1 aromatic heterocycles. The summed E-state index contributed by atoms with van der Waals surface area (Å²) in [6.07, 6.45) is 1.99. The van der Waals surface area contributed by atoms with Gasteiger partial charge in [0.05, 0.1) is 13.7 Å². The van der Waals surface area contributed by atoms with E-state index in [0.29, 0.717) is 23.9 Å². The molecule has 3 rings (SSSR count). The van der Waals surface area contributed by atoms with Gasteiger partial charge in [0.1, 0.15) is 16.7 Å². The van der Waals surface area contributed by atoms with Crippen LogP contribution in [0.1, 0.15) is 6.42 Å². The van der Waals surface area contributed by atoms with Gasteiger partial charge in [-0.2, -0.15) is 4.31 Å². The lowest BCUT2D eigenvalue weighted by Crippen LogP contribution is -2.31. The van der Waals surface area contributed by atoms with Gasteiger partial charge < -0.3 is 9.47 Å². The van der Waals surface area contributed by atoms with Crippen LogP contribution in [-0.4, -0.2) is 44.0 Å². The minimum atomic E-state index is -3.71. The topological polar surface area (TPSA) is 68.7 Å². The zero-order valence-corrected chi connectivity index (χ0v) is 14.6. The minimum absolute atomic E-state index is 0.0657. The van der Waals surface area contributed by atoms with Crippen molar-refractivity contribution >= 4 is 21.6 Å². The molecule has 6 nitrogen and oxygen atoms in total. The molecular formula is C16H17ClN2O4S. The molecule has 0 saturated carbocycles. The SMILES string of the molecule is COc1ccc(Cl)cc1S(=O)(=O)N1CCC(Oc2ccccn2)C1. The first-order valence-corrected chi connectivity index (χ1v) is 9.24. The average molecular weight is 369 g/mol. The quantitative estimate of drug-likeness (QED) is 0.811. The van der Waals surface area contributed by atoms with Crippen molar-refractivity contribution in [2.45, 2.75) is 17.4 Å². The molecule has 1 fully saturated rings. The fourth-order valence-electron chi connectivity index (χ4n) is 2.59. The zero-order chi connectivity index (χ0) is 17.2. The number of halogens is 1. The maximum absolute atomic E-state index is 12.9. The third kappa shape index (κ3) is 3.48. The molecule has 1 aliphatic rings. The number of nitrogens with zero attached hydrogens (tertiary/aromatic N) is 2. The van der Waals surface area contributed by atoms with Crippen LogP contribution in [0.15, 0.2) is 47.5 Å². The molecular weight excluding hydrogens is 352 g/mol. The van der Waals surface area contributed by atoms with Crippen molar-refractivity contribution in [2.75, 3.05) is 20.2 Å². The molecule has 1 aromatic carbocycles. The van der Waals surface area contributed by atoms with Crippen LogP contribution in [-0.2, 0) is 10.0 Å². The molecule has 1 unspecified atom stereocenters. The largest absolute Gasteiger partial charge is 0.495 e. The highest BCUT2D eigenvalue weighted by Gasteiger charge is 2.35. The summed E-state index contributed by atoms with van der Waals surface area (Å²) >= 11 is 5.95. The van der Waals surface area contributed by atoms with E-state index in [9.17, 15) is 8.42 Å². The Labute approximate surface area is 146 Å². The minimum Gasteiger partial charge on any atom is -0.495 e. The van der Waals surface area contributed by atoms with Crippen LogP contribution < -0.4 is 9.47 Å². The number of pyridine rings is 1. The number of hydrogen-bond acceptors (Lipinski definition) is 5. The monoisotopic (exact) mass is 368 g/mol. The van der Waals surface area contributed by atoms with Gasteiger partial charge in [-0.25, -0.2) is 13.4 Å². The van der Waals surface area contributed by atoms with Gasteiger partial charge in [-0.05, 0) is 30.7 Å². The smallest absolute Gasteiger partial charge is 0.246 e. The maximum atomic E-state index is 12.9. The summed E-state index contributed by atoms with van der Waals surface area (Å²) in [6.45, 7) is 0.629. The lowest BCUT2D eigenvalue weighted by molar-refractivity contribution is 0.207. The molecule has 1 aliphatic heterocycles. The van der Waals surface area contributed by atoms with Gasteiger partial charge in [0, 0.05) is 23.8 Å². The summed E-state index contributed by atoms with van der Waals surface area (Å²) in [5.74, 6) is 0.760. The van der Waals surface area contributed by atoms with E-state index in [1.165, 1.54) is 17.5 Å². The molecule has 8 heteroatoms. The van der Waals surface area contributed by atoms with Crippen molar-refractivity contribution in [1.29, 1.82) is 0 Å². The third-order valence-corrected chi connectivity index (χ3v) is 5.90. The van der Waals surface area contributed by atoms with Crippen molar-refractivity contribution in [1.82, 2.24) is 9.29 Å². The van der Waals surface area contributed by atoms with Crippen molar-refractivity contribution in [3.8, 4) is 11.6 Å². The Kier molecular flexibility index (Phi) is 4.93. The molecule has 2 heterocycles. The number of sulfonamides is 1.